The lowest BCUT2D eigenvalue weighted by atomic mass is 9.63. The molecule has 40 heavy (non-hydrogen) atoms. The highest BCUT2D eigenvalue weighted by molar-refractivity contribution is 9.10. The van der Waals surface area contributed by atoms with Gasteiger partial charge in [-0.1, -0.05) is 74.0 Å². The Kier molecular flexibility index (Phi) is 8.13. The molecule has 0 radical (unpaired) electrons. The molecule has 2 aliphatic carbocycles. The first kappa shape index (κ1) is 28.8. The second kappa shape index (κ2) is 11.3. The van der Waals surface area contributed by atoms with Crippen LogP contribution in [0.1, 0.15) is 76.8 Å². The van der Waals surface area contributed by atoms with E-state index >= 15 is 0 Å². The zero-order valence-electron chi connectivity index (χ0n) is 24.3. The first-order valence-corrected chi connectivity index (χ1v) is 15.0. The largest absolute Gasteiger partial charge is 0.489 e. The Morgan fingerprint density at radius 3 is 2.05 bits per heavy atom. The van der Waals surface area contributed by atoms with E-state index in [9.17, 15) is 9.59 Å². The number of allylic oxidation sites excluding steroid dienone is 4. The van der Waals surface area contributed by atoms with Crippen LogP contribution in [0, 0.1) is 10.8 Å². The number of carbonyl (C=O) groups excluding carboxylic acids is 2. The number of halogens is 1. The fraction of sp³-hybridized carbons (Fsp3) is 0.471. The molecule has 0 saturated heterocycles. The standard InChI is InChI=1S/C34H40BrNO4/c1-33(2)17-25-31(27(37)19-33)30(24-16-23(35)12-13-29(24)40-21-22-10-7-6-8-11-22)32-26(36(25)14-9-15-39-5)18-34(3,4)20-28(32)38/h6-8,10-13,16,30H,9,14-15,17-21H2,1-5H3. The van der Waals surface area contributed by atoms with Crippen molar-refractivity contribution in [3.05, 3.63) is 86.7 Å². The fourth-order valence-electron chi connectivity index (χ4n) is 6.61. The lowest BCUT2D eigenvalue weighted by Gasteiger charge is -2.49. The van der Waals surface area contributed by atoms with Crippen molar-refractivity contribution >= 4 is 27.5 Å². The summed E-state index contributed by atoms with van der Waals surface area (Å²) >= 11 is 3.67. The Balaban J connectivity index is 1.69. The fourth-order valence-corrected chi connectivity index (χ4v) is 6.99. The molecule has 0 saturated carbocycles. The molecule has 212 valence electrons. The number of carbonyl (C=O) groups is 2. The lowest BCUT2D eigenvalue weighted by molar-refractivity contribution is -0.119. The molecule has 1 heterocycles. The molecule has 0 bridgehead atoms. The zero-order valence-corrected chi connectivity index (χ0v) is 25.9. The topological polar surface area (TPSA) is 55.8 Å². The lowest BCUT2D eigenvalue weighted by Crippen LogP contribution is -2.44. The molecule has 5 nitrogen and oxygen atoms in total. The van der Waals surface area contributed by atoms with E-state index in [4.69, 9.17) is 9.47 Å². The van der Waals surface area contributed by atoms with Crippen LogP contribution in [-0.2, 0) is 20.9 Å². The average Bonchev–Trinajstić information content (AvgIpc) is 2.87. The number of rotatable bonds is 8. The molecule has 6 heteroatoms. The molecule has 0 N–H and O–H groups in total. The molecule has 2 aromatic rings. The highest BCUT2D eigenvalue weighted by Crippen LogP contribution is 2.55. The first-order chi connectivity index (χ1) is 19.0. The van der Waals surface area contributed by atoms with Crippen LogP contribution in [0.5, 0.6) is 5.75 Å². The molecular weight excluding hydrogens is 566 g/mol. The number of hydrogen-bond donors (Lipinski definition) is 0. The predicted octanol–water partition coefficient (Wildman–Crippen LogP) is 7.75. The quantitative estimate of drug-likeness (QED) is 0.288. The van der Waals surface area contributed by atoms with Gasteiger partial charge in [0.2, 0.25) is 0 Å². The maximum absolute atomic E-state index is 14.1. The van der Waals surface area contributed by atoms with Gasteiger partial charge in [0.1, 0.15) is 12.4 Å². The minimum atomic E-state index is -0.445. The third kappa shape index (κ3) is 5.84. The minimum Gasteiger partial charge on any atom is -0.489 e. The van der Waals surface area contributed by atoms with Crippen molar-refractivity contribution < 1.29 is 19.1 Å². The first-order valence-electron chi connectivity index (χ1n) is 14.2. The Labute approximate surface area is 246 Å². The summed E-state index contributed by atoms with van der Waals surface area (Å²) in [5.41, 5.74) is 5.31. The van der Waals surface area contributed by atoms with Gasteiger partial charge in [-0.05, 0) is 53.9 Å². The molecule has 3 aliphatic rings. The van der Waals surface area contributed by atoms with Crippen molar-refractivity contribution in [3.8, 4) is 5.75 Å². The van der Waals surface area contributed by atoms with Crippen LogP contribution in [0.15, 0.2) is 75.5 Å². The summed E-state index contributed by atoms with van der Waals surface area (Å²) in [6.45, 7) is 10.4. The van der Waals surface area contributed by atoms with Gasteiger partial charge >= 0.3 is 0 Å². The molecule has 1 aliphatic heterocycles. The van der Waals surface area contributed by atoms with Gasteiger partial charge in [0.05, 0.1) is 0 Å². The summed E-state index contributed by atoms with van der Waals surface area (Å²) in [5, 5.41) is 0. The summed E-state index contributed by atoms with van der Waals surface area (Å²) in [5.74, 6) is 0.523. The number of methoxy groups -OCH3 is 1. The number of nitrogens with zero attached hydrogens (tertiary/aromatic N) is 1. The van der Waals surface area contributed by atoms with Crippen molar-refractivity contribution in [1.29, 1.82) is 0 Å². The van der Waals surface area contributed by atoms with Gasteiger partial charge in [0.15, 0.2) is 11.6 Å². The van der Waals surface area contributed by atoms with E-state index in [0.29, 0.717) is 31.8 Å². The van der Waals surface area contributed by atoms with Crippen molar-refractivity contribution in [2.45, 2.75) is 72.3 Å². The van der Waals surface area contributed by atoms with Crippen molar-refractivity contribution in [1.82, 2.24) is 4.90 Å². The van der Waals surface area contributed by atoms with Gasteiger partial charge in [-0.3, -0.25) is 9.59 Å². The monoisotopic (exact) mass is 605 g/mol. The van der Waals surface area contributed by atoms with E-state index < -0.39 is 5.92 Å². The Hall–Kier alpha value is -2.70. The smallest absolute Gasteiger partial charge is 0.162 e. The molecule has 0 amide bonds. The van der Waals surface area contributed by atoms with E-state index in [0.717, 1.165) is 63.9 Å². The summed E-state index contributed by atoms with van der Waals surface area (Å²) in [6.07, 6.45) is 3.32. The normalized spacial score (nSPS) is 20.5. The molecule has 0 fully saturated rings. The van der Waals surface area contributed by atoms with Crippen molar-refractivity contribution in [2.24, 2.45) is 10.8 Å². The summed E-state index contributed by atoms with van der Waals surface area (Å²) in [6, 6.07) is 16.0. The number of Topliss-reactive ketones (excluding diaryl/α,β-unsaturated/α-hetero) is 2. The van der Waals surface area contributed by atoms with E-state index in [1.165, 1.54) is 0 Å². The van der Waals surface area contributed by atoms with E-state index in [1.807, 2.05) is 48.5 Å². The van der Waals surface area contributed by atoms with Gasteiger partial charge in [0.25, 0.3) is 0 Å². The predicted molar refractivity (Wildman–Crippen MR) is 161 cm³/mol. The average molecular weight is 607 g/mol. The van der Waals surface area contributed by atoms with E-state index in [1.54, 1.807) is 7.11 Å². The summed E-state index contributed by atoms with van der Waals surface area (Å²) in [7, 11) is 1.71. The number of benzene rings is 2. The molecular formula is C34H40BrNO4. The van der Waals surface area contributed by atoms with Gasteiger partial charge in [-0.2, -0.15) is 0 Å². The van der Waals surface area contributed by atoms with Crippen LogP contribution in [0.2, 0.25) is 0 Å². The maximum Gasteiger partial charge on any atom is 0.162 e. The van der Waals surface area contributed by atoms with Crippen molar-refractivity contribution in [2.75, 3.05) is 20.3 Å². The van der Waals surface area contributed by atoms with Crippen LogP contribution in [0.25, 0.3) is 0 Å². The molecule has 2 aromatic carbocycles. The second-order valence-electron chi connectivity index (χ2n) is 13.0. The molecule has 0 aromatic heterocycles. The highest BCUT2D eigenvalue weighted by Gasteiger charge is 2.49. The maximum atomic E-state index is 14.1. The SMILES string of the molecule is COCCCN1C2=C(C(=O)CC(C)(C)C2)C(c2cc(Br)ccc2OCc2ccccc2)C2=C1CC(C)(C)CC2=O. The van der Waals surface area contributed by atoms with Gasteiger partial charge < -0.3 is 14.4 Å². The Morgan fingerprint density at radius 1 is 0.875 bits per heavy atom. The van der Waals surface area contributed by atoms with Crippen LogP contribution in [0.4, 0.5) is 0 Å². The number of ketones is 2. The van der Waals surface area contributed by atoms with Crippen LogP contribution < -0.4 is 4.74 Å². The third-order valence-electron chi connectivity index (χ3n) is 8.27. The molecule has 0 unspecified atom stereocenters. The van der Waals surface area contributed by atoms with Crippen LogP contribution in [-0.4, -0.2) is 36.7 Å². The van der Waals surface area contributed by atoms with Crippen LogP contribution in [0.3, 0.4) is 0 Å². The Bertz CT molecular complexity index is 1320. The van der Waals surface area contributed by atoms with Gasteiger partial charge in [-0.25, -0.2) is 0 Å². The number of ether oxygens (including phenoxy) is 2. The van der Waals surface area contributed by atoms with E-state index in [2.05, 4.69) is 48.5 Å². The van der Waals surface area contributed by atoms with Crippen molar-refractivity contribution in [3.63, 3.8) is 0 Å². The van der Waals surface area contributed by atoms with Crippen LogP contribution >= 0.6 is 15.9 Å². The third-order valence-corrected chi connectivity index (χ3v) is 8.77. The van der Waals surface area contributed by atoms with Gasteiger partial charge in [-0.15, -0.1) is 0 Å². The Morgan fingerprint density at radius 2 is 1.48 bits per heavy atom. The van der Waals surface area contributed by atoms with E-state index in [-0.39, 0.29) is 22.4 Å². The molecule has 0 atom stereocenters. The molecule has 5 rings (SSSR count). The summed E-state index contributed by atoms with van der Waals surface area (Å²) in [4.78, 5) is 30.5. The van der Waals surface area contributed by atoms with Gasteiger partial charge in [0, 0.05) is 71.6 Å². The summed E-state index contributed by atoms with van der Waals surface area (Å²) < 4.78 is 12.7. The zero-order chi connectivity index (χ0) is 28.7. The highest BCUT2D eigenvalue weighted by atomic mass is 79.9. The second-order valence-corrected chi connectivity index (χ2v) is 13.9. The molecule has 0 spiro atoms. The number of hydrogen-bond acceptors (Lipinski definition) is 5. The minimum absolute atomic E-state index is 0.131.